The molecular weight excluding hydrogens is 253 g/mol. The maximum atomic E-state index is 13.0. The van der Waals surface area contributed by atoms with E-state index in [9.17, 15) is 4.39 Å². The Hall–Kier alpha value is -0.0900. The Morgan fingerprint density at radius 2 is 2.00 bits per heavy atom. The minimum Gasteiger partial charge on any atom is -0.212 e. The molecule has 0 aromatic carbocycles. The van der Waals surface area contributed by atoms with Gasteiger partial charge in [0.05, 0.1) is 9.50 Å². The van der Waals surface area contributed by atoms with Gasteiger partial charge in [0.25, 0.3) is 0 Å². The maximum Gasteiger partial charge on any atom is 0.228 e. The van der Waals surface area contributed by atoms with E-state index in [1.807, 2.05) is 6.07 Å². The minimum atomic E-state index is -0.450. The van der Waals surface area contributed by atoms with Gasteiger partial charge in [0, 0.05) is 4.75 Å². The van der Waals surface area contributed by atoms with Crippen molar-refractivity contribution in [3.8, 4) is 0 Å². The van der Waals surface area contributed by atoms with Crippen molar-refractivity contribution >= 4 is 27.7 Å². The predicted octanol–water partition coefficient (Wildman–Crippen LogP) is 3.87. The molecule has 0 atom stereocenters. The summed E-state index contributed by atoms with van der Waals surface area (Å²) in [5, 5.41) is 0.716. The van der Waals surface area contributed by atoms with Crippen LogP contribution in [0, 0.1) is 5.95 Å². The van der Waals surface area contributed by atoms with E-state index in [1.165, 1.54) is 0 Å². The summed E-state index contributed by atoms with van der Waals surface area (Å²) in [6.45, 7) is 6.21. The molecule has 1 heterocycles. The lowest BCUT2D eigenvalue weighted by molar-refractivity contribution is 0.564. The van der Waals surface area contributed by atoms with Crippen LogP contribution < -0.4 is 0 Å². The van der Waals surface area contributed by atoms with Gasteiger partial charge in [0.2, 0.25) is 5.95 Å². The smallest absolute Gasteiger partial charge is 0.212 e. The van der Waals surface area contributed by atoms with Crippen molar-refractivity contribution in [1.29, 1.82) is 0 Å². The van der Waals surface area contributed by atoms with Gasteiger partial charge in [0.1, 0.15) is 0 Å². The lowest BCUT2D eigenvalue weighted by Gasteiger charge is -2.16. The molecule has 0 saturated carbocycles. The lowest BCUT2D eigenvalue weighted by atomic mass is 10.3. The Morgan fingerprint density at radius 1 is 1.38 bits per heavy atom. The Kier molecular flexibility index (Phi) is 3.35. The summed E-state index contributed by atoms with van der Waals surface area (Å²) in [5.41, 5.74) is 0. The van der Waals surface area contributed by atoms with E-state index in [-0.39, 0.29) is 4.75 Å². The van der Waals surface area contributed by atoms with Crippen molar-refractivity contribution < 1.29 is 4.39 Å². The summed E-state index contributed by atoms with van der Waals surface area (Å²) >= 11 is 4.61. The number of rotatable bonds is 1. The zero-order valence-electron chi connectivity index (χ0n) is 7.77. The van der Waals surface area contributed by atoms with Crippen LogP contribution in [0.15, 0.2) is 21.6 Å². The number of nitrogens with zero attached hydrogens (tertiary/aromatic N) is 1. The first-order valence-electron chi connectivity index (χ1n) is 3.89. The molecule has 0 radical (unpaired) electrons. The first kappa shape index (κ1) is 11.0. The third kappa shape index (κ3) is 3.65. The highest BCUT2D eigenvalue weighted by Crippen LogP contribution is 2.31. The molecule has 0 unspecified atom stereocenters. The largest absolute Gasteiger partial charge is 0.228 e. The van der Waals surface area contributed by atoms with Gasteiger partial charge < -0.3 is 0 Å². The average molecular weight is 264 g/mol. The summed E-state index contributed by atoms with van der Waals surface area (Å²) in [6.07, 6.45) is 0. The van der Waals surface area contributed by atoms with Gasteiger partial charge in [-0.05, 0) is 28.1 Å². The first-order chi connectivity index (χ1) is 5.88. The van der Waals surface area contributed by atoms with E-state index < -0.39 is 5.95 Å². The van der Waals surface area contributed by atoms with Gasteiger partial charge in [-0.25, -0.2) is 4.98 Å². The van der Waals surface area contributed by atoms with Crippen molar-refractivity contribution in [3.05, 3.63) is 22.6 Å². The molecule has 1 nitrogen and oxygen atoms in total. The third-order valence-electron chi connectivity index (χ3n) is 1.19. The molecular formula is C9H11BrFNS. The molecule has 0 saturated heterocycles. The summed E-state index contributed by atoms with van der Waals surface area (Å²) in [6, 6.07) is 3.49. The predicted molar refractivity (Wildman–Crippen MR) is 57.5 cm³/mol. The lowest BCUT2D eigenvalue weighted by Crippen LogP contribution is -2.07. The molecule has 0 bridgehead atoms. The van der Waals surface area contributed by atoms with Crippen molar-refractivity contribution in [3.63, 3.8) is 0 Å². The maximum absolute atomic E-state index is 13.0. The highest BCUT2D eigenvalue weighted by Gasteiger charge is 2.13. The van der Waals surface area contributed by atoms with Crippen LogP contribution in [0.3, 0.4) is 0 Å². The van der Waals surface area contributed by atoms with Gasteiger partial charge in [-0.15, -0.1) is 11.8 Å². The number of hydrogen-bond acceptors (Lipinski definition) is 2. The van der Waals surface area contributed by atoms with Gasteiger partial charge in [-0.3, -0.25) is 0 Å². The van der Waals surface area contributed by atoms with Crippen LogP contribution in [0.5, 0.6) is 0 Å². The topological polar surface area (TPSA) is 12.9 Å². The van der Waals surface area contributed by atoms with Crippen molar-refractivity contribution in [2.75, 3.05) is 0 Å². The van der Waals surface area contributed by atoms with Crippen LogP contribution in [-0.4, -0.2) is 9.73 Å². The zero-order chi connectivity index (χ0) is 10.1. The minimum absolute atomic E-state index is 0.0628. The SMILES string of the molecule is CC(C)(C)Sc1ccc(Br)c(F)n1. The molecule has 0 aliphatic heterocycles. The van der Waals surface area contributed by atoms with E-state index in [0.717, 1.165) is 0 Å². The van der Waals surface area contributed by atoms with Gasteiger partial charge in [0.15, 0.2) is 0 Å². The quantitative estimate of drug-likeness (QED) is 0.564. The van der Waals surface area contributed by atoms with Crippen LogP contribution in [0.1, 0.15) is 20.8 Å². The third-order valence-corrected chi connectivity index (χ3v) is 2.83. The molecule has 1 rings (SSSR count). The second-order valence-corrected chi connectivity index (χ2v) is 6.34. The molecule has 13 heavy (non-hydrogen) atoms. The number of aromatic nitrogens is 1. The fourth-order valence-electron chi connectivity index (χ4n) is 0.771. The standard InChI is InChI=1S/C9H11BrFNS/c1-9(2,3)13-7-5-4-6(10)8(11)12-7/h4-5H,1-3H3. The number of pyridine rings is 1. The summed E-state index contributed by atoms with van der Waals surface area (Å²) in [7, 11) is 0. The fourth-order valence-corrected chi connectivity index (χ4v) is 1.88. The van der Waals surface area contributed by atoms with Crippen LogP contribution in [0.2, 0.25) is 0 Å². The molecule has 0 amide bonds. The van der Waals surface area contributed by atoms with Crippen LogP contribution in [0.4, 0.5) is 4.39 Å². The Bertz CT molecular complexity index is 309. The molecule has 4 heteroatoms. The molecule has 1 aromatic heterocycles. The number of hydrogen-bond donors (Lipinski definition) is 0. The molecule has 0 aliphatic carbocycles. The van der Waals surface area contributed by atoms with E-state index in [2.05, 4.69) is 41.7 Å². The molecule has 72 valence electrons. The van der Waals surface area contributed by atoms with Crippen molar-refractivity contribution in [2.45, 2.75) is 30.5 Å². The fraction of sp³-hybridized carbons (Fsp3) is 0.444. The monoisotopic (exact) mass is 263 g/mol. The average Bonchev–Trinajstić information content (AvgIpc) is 1.94. The number of thioether (sulfide) groups is 1. The van der Waals surface area contributed by atoms with Crippen molar-refractivity contribution in [1.82, 2.24) is 4.98 Å². The van der Waals surface area contributed by atoms with E-state index in [1.54, 1.807) is 17.8 Å². The summed E-state index contributed by atoms with van der Waals surface area (Å²) in [5.74, 6) is -0.450. The van der Waals surface area contributed by atoms with Crippen LogP contribution >= 0.6 is 27.7 Å². The van der Waals surface area contributed by atoms with E-state index in [4.69, 9.17) is 0 Å². The molecule has 0 aliphatic rings. The van der Waals surface area contributed by atoms with Crippen LogP contribution in [-0.2, 0) is 0 Å². The second-order valence-electron chi connectivity index (χ2n) is 3.64. The van der Waals surface area contributed by atoms with Crippen molar-refractivity contribution in [2.24, 2.45) is 0 Å². The summed E-state index contributed by atoms with van der Waals surface area (Å²) < 4.78 is 13.5. The normalized spacial score (nSPS) is 11.8. The van der Waals surface area contributed by atoms with Gasteiger partial charge >= 0.3 is 0 Å². The van der Waals surface area contributed by atoms with Crippen LogP contribution in [0.25, 0.3) is 0 Å². The number of halogens is 2. The first-order valence-corrected chi connectivity index (χ1v) is 5.50. The second kappa shape index (κ2) is 3.96. The Labute approximate surface area is 90.3 Å². The molecule has 0 fully saturated rings. The molecule has 0 N–H and O–H groups in total. The van der Waals surface area contributed by atoms with Gasteiger partial charge in [-0.2, -0.15) is 4.39 Å². The Balaban J connectivity index is 2.86. The van der Waals surface area contributed by atoms with Gasteiger partial charge in [-0.1, -0.05) is 20.8 Å². The van der Waals surface area contributed by atoms with E-state index in [0.29, 0.717) is 9.50 Å². The molecule has 1 aromatic rings. The van der Waals surface area contributed by atoms with E-state index >= 15 is 0 Å². The molecule has 0 spiro atoms. The summed E-state index contributed by atoms with van der Waals surface area (Å²) in [4.78, 5) is 3.81. The zero-order valence-corrected chi connectivity index (χ0v) is 10.2. The highest BCUT2D eigenvalue weighted by atomic mass is 79.9. The highest BCUT2D eigenvalue weighted by molar-refractivity contribution is 9.10. The Morgan fingerprint density at radius 3 is 2.46 bits per heavy atom.